The van der Waals surface area contributed by atoms with E-state index in [4.69, 9.17) is 9.47 Å². The molecule has 2 aromatic carbocycles. The van der Waals surface area contributed by atoms with Gasteiger partial charge in [0.25, 0.3) is 5.91 Å². The van der Waals surface area contributed by atoms with Gasteiger partial charge in [-0.15, -0.1) is 0 Å². The summed E-state index contributed by atoms with van der Waals surface area (Å²) in [5.41, 5.74) is 3.62. The number of benzene rings is 2. The Balaban J connectivity index is 1.10. The Kier molecular flexibility index (Phi) is 5.51. The molecule has 7 nitrogen and oxygen atoms in total. The number of carbonyl (C=O) groups excluding carboxylic acids is 2. The third-order valence-corrected chi connectivity index (χ3v) is 6.22. The molecule has 7 heteroatoms. The van der Waals surface area contributed by atoms with Crippen LogP contribution in [0.1, 0.15) is 17.5 Å². The third kappa shape index (κ3) is 4.37. The first-order valence-electron chi connectivity index (χ1n) is 11.0. The molecule has 0 radical (unpaired) electrons. The Morgan fingerprint density at radius 1 is 0.968 bits per heavy atom. The Labute approximate surface area is 181 Å². The Morgan fingerprint density at radius 3 is 2.58 bits per heavy atom. The predicted octanol–water partition coefficient (Wildman–Crippen LogP) is 2.10. The minimum atomic E-state index is -0.621. The zero-order valence-corrected chi connectivity index (χ0v) is 17.5. The summed E-state index contributed by atoms with van der Waals surface area (Å²) in [6.07, 6.45) is 2.80. The van der Waals surface area contributed by atoms with E-state index in [1.165, 1.54) is 17.5 Å². The first-order chi connectivity index (χ1) is 15.2. The van der Waals surface area contributed by atoms with Crippen molar-refractivity contribution in [2.75, 3.05) is 44.6 Å². The Hall–Kier alpha value is -3.06. The number of hydrogen-bond acceptors (Lipinski definition) is 5. The summed E-state index contributed by atoms with van der Waals surface area (Å²) in [6, 6.07) is 13.6. The fourth-order valence-electron chi connectivity index (χ4n) is 4.52. The molecule has 31 heavy (non-hydrogen) atoms. The average Bonchev–Trinajstić information content (AvgIpc) is 3.26. The minimum absolute atomic E-state index is 0.0154. The van der Waals surface area contributed by atoms with Gasteiger partial charge in [-0.3, -0.25) is 14.5 Å². The summed E-state index contributed by atoms with van der Waals surface area (Å²) in [5.74, 6) is 1.20. The largest absolute Gasteiger partial charge is 0.485 e. The lowest BCUT2D eigenvalue weighted by Crippen LogP contribution is -2.54. The molecule has 162 valence electrons. The Bertz CT molecular complexity index is 985. The zero-order chi connectivity index (χ0) is 21.2. The van der Waals surface area contributed by atoms with Crippen molar-refractivity contribution in [1.82, 2.24) is 9.80 Å². The summed E-state index contributed by atoms with van der Waals surface area (Å²) in [5, 5.41) is 3.02. The molecule has 2 amide bonds. The van der Waals surface area contributed by atoms with E-state index in [-0.39, 0.29) is 18.4 Å². The van der Waals surface area contributed by atoms with Crippen LogP contribution in [0.15, 0.2) is 42.5 Å². The van der Waals surface area contributed by atoms with E-state index < -0.39 is 6.10 Å². The topological polar surface area (TPSA) is 71.1 Å². The number of nitrogens with one attached hydrogen (secondary N) is 1. The van der Waals surface area contributed by atoms with Crippen molar-refractivity contribution in [3.8, 4) is 11.5 Å². The van der Waals surface area contributed by atoms with Crippen LogP contribution in [0, 0.1) is 0 Å². The number of aryl methyl sites for hydroxylation is 2. The number of para-hydroxylation sites is 2. The normalized spacial score (nSPS) is 20.3. The molecule has 1 N–H and O–H groups in total. The summed E-state index contributed by atoms with van der Waals surface area (Å²) in [6.45, 7) is 3.02. The number of hydrogen-bond donors (Lipinski definition) is 1. The molecule has 2 heterocycles. The third-order valence-electron chi connectivity index (χ3n) is 6.22. The highest BCUT2D eigenvalue weighted by molar-refractivity contribution is 5.92. The molecule has 1 aliphatic carbocycles. The second kappa shape index (κ2) is 8.59. The molecular weight excluding hydrogens is 394 g/mol. The predicted molar refractivity (Wildman–Crippen MR) is 116 cm³/mol. The molecule has 5 rings (SSSR count). The second-order valence-corrected chi connectivity index (χ2v) is 8.35. The lowest BCUT2D eigenvalue weighted by atomic mass is 10.1. The van der Waals surface area contributed by atoms with Gasteiger partial charge in [0, 0.05) is 31.9 Å². The van der Waals surface area contributed by atoms with Crippen LogP contribution in [0.2, 0.25) is 0 Å². The van der Waals surface area contributed by atoms with Crippen LogP contribution in [0.3, 0.4) is 0 Å². The number of piperazine rings is 1. The maximum absolute atomic E-state index is 12.8. The first kappa shape index (κ1) is 19.9. The number of amides is 2. The van der Waals surface area contributed by atoms with Gasteiger partial charge in [-0.1, -0.05) is 18.2 Å². The number of nitrogens with zero attached hydrogens (tertiary/aromatic N) is 2. The van der Waals surface area contributed by atoms with Gasteiger partial charge in [0.2, 0.25) is 12.0 Å². The van der Waals surface area contributed by atoms with E-state index in [0.717, 1.165) is 18.5 Å². The van der Waals surface area contributed by atoms with Crippen LogP contribution in [0.4, 0.5) is 5.69 Å². The highest BCUT2D eigenvalue weighted by Crippen LogP contribution is 2.31. The number of anilines is 1. The van der Waals surface area contributed by atoms with Crippen molar-refractivity contribution in [1.29, 1.82) is 0 Å². The van der Waals surface area contributed by atoms with Crippen LogP contribution in [-0.4, -0.2) is 67.0 Å². The zero-order valence-electron chi connectivity index (χ0n) is 17.5. The molecule has 0 spiro atoms. The van der Waals surface area contributed by atoms with Crippen LogP contribution in [0.5, 0.6) is 11.5 Å². The SMILES string of the molecule is O=C(CN1CCN(C(=O)[C@H]2COc3ccccc3O2)CC1)Nc1ccc2c(c1)CCC2. The number of carbonyl (C=O) groups is 2. The molecule has 1 atom stereocenters. The molecule has 0 bridgehead atoms. The molecule has 2 aliphatic heterocycles. The van der Waals surface area contributed by atoms with Crippen LogP contribution in [-0.2, 0) is 22.4 Å². The molecule has 0 aromatic heterocycles. The van der Waals surface area contributed by atoms with Crippen LogP contribution >= 0.6 is 0 Å². The van der Waals surface area contributed by atoms with Crippen LogP contribution in [0.25, 0.3) is 0 Å². The fraction of sp³-hybridized carbons (Fsp3) is 0.417. The maximum atomic E-state index is 12.8. The van der Waals surface area contributed by atoms with Gasteiger partial charge in [0.15, 0.2) is 11.5 Å². The molecule has 0 saturated carbocycles. The summed E-state index contributed by atoms with van der Waals surface area (Å²) < 4.78 is 11.5. The molecule has 3 aliphatic rings. The molecule has 1 fully saturated rings. The van der Waals surface area contributed by atoms with Gasteiger partial charge in [-0.25, -0.2) is 0 Å². The van der Waals surface area contributed by atoms with Gasteiger partial charge in [0.1, 0.15) is 6.61 Å². The van der Waals surface area contributed by atoms with Crippen LogP contribution < -0.4 is 14.8 Å². The van der Waals surface area contributed by atoms with Gasteiger partial charge >= 0.3 is 0 Å². The monoisotopic (exact) mass is 421 g/mol. The maximum Gasteiger partial charge on any atom is 0.267 e. The van der Waals surface area contributed by atoms with Crippen molar-refractivity contribution in [2.24, 2.45) is 0 Å². The quantitative estimate of drug-likeness (QED) is 0.819. The van der Waals surface area contributed by atoms with E-state index in [2.05, 4.69) is 22.3 Å². The first-order valence-corrected chi connectivity index (χ1v) is 11.0. The Morgan fingerprint density at radius 2 is 1.74 bits per heavy atom. The number of rotatable bonds is 4. The molecular formula is C24H27N3O4. The van der Waals surface area contributed by atoms with E-state index in [9.17, 15) is 9.59 Å². The second-order valence-electron chi connectivity index (χ2n) is 8.35. The summed E-state index contributed by atoms with van der Waals surface area (Å²) in [4.78, 5) is 29.2. The lowest BCUT2D eigenvalue weighted by Gasteiger charge is -2.36. The molecule has 0 unspecified atom stereocenters. The van der Waals surface area contributed by atoms with Crippen molar-refractivity contribution in [3.05, 3.63) is 53.6 Å². The van der Waals surface area contributed by atoms with Gasteiger partial charge in [-0.05, 0) is 54.7 Å². The van der Waals surface area contributed by atoms with Crippen molar-refractivity contribution < 1.29 is 19.1 Å². The van der Waals surface area contributed by atoms with Gasteiger partial charge in [-0.2, -0.15) is 0 Å². The fourth-order valence-corrected chi connectivity index (χ4v) is 4.52. The number of ether oxygens (including phenoxy) is 2. The van der Waals surface area contributed by atoms with E-state index in [1.807, 2.05) is 30.3 Å². The van der Waals surface area contributed by atoms with Crippen molar-refractivity contribution in [3.63, 3.8) is 0 Å². The standard InChI is InChI=1S/C24H27N3O4/c28-23(25-19-9-8-17-4-3-5-18(17)14-19)15-26-10-12-27(13-11-26)24(29)22-16-30-20-6-1-2-7-21(20)31-22/h1-2,6-9,14,22H,3-5,10-13,15-16H2,(H,25,28)/t22-/m1/s1. The lowest BCUT2D eigenvalue weighted by molar-refractivity contribution is -0.143. The van der Waals surface area contributed by atoms with E-state index in [1.54, 1.807) is 4.90 Å². The van der Waals surface area contributed by atoms with E-state index >= 15 is 0 Å². The highest BCUT2D eigenvalue weighted by atomic mass is 16.6. The number of fused-ring (bicyclic) bond motifs is 2. The highest BCUT2D eigenvalue weighted by Gasteiger charge is 2.32. The van der Waals surface area contributed by atoms with Gasteiger partial charge in [0.05, 0.1) is 6.54 Å². The van der Waals surface area contributed by atoms with Crippen molar-refractivity contribution in [2.45, 2.75) is 25.4 Å². The minimum Gasteiger partial charge on any atom is -0.485 e. The summed E-state index contributed by atoms with van der Waals surface area (Å²) in [7, 11) is 0. The smallest absolute Gasteiger partial charge is 0.267 e. The summed E-state index contributed by atoms with van der Waals surface area (Å²) >= 11 is 0. The van der Waals surface area contributed by atoms with E-state index in [0.29, 0.717) is 44.2 Å². The average molecular weight is 421 g/mol. The molecule has 2 aromatic rings. The van der Waals surface area contributed by atoms with Gasteiger partial charge < -0.3 is 19.7 Å². The van der Waals surface area contributed by atoms with Crippen molar-refractivity contribution >= 4 is 17.5 Å². The molecule has 1 saturated heterocycles.